The Morgan fingerprint density at radius 3 is 2.68 bits per heavy atom. The number of aromatic nitrogens is 3. The lowest BCUT2D eigenvalue weighted by atomic mass is 10.2. The van der Waals surface area contributed by atoms with Crippen molar-refractivity contribution in [3.8, 4) is 0 Å². The zero-order valence-corrected chi connectivity index (χ0v) is 11.3. The zero-order valence-electron chi connectivity index (χ0n) is 11.3. The number of nitrogens with zero attached hydrogens (tertiary/aromatic N) is 4. The lowest BCUT2D eigenvalue weighted by Gasteiger charge is -2.17. The summed E-state index contributed by atoms with van der Waals surface area (Å²) in [5, 5.41) is 0. The van der Waals surface area contributed by atoms with Gasteiger partial charge in [-0.1, -0.05) is 0 Å². The minimum Gasteiger partial charge on any atom is -0.363 e. The largest absolute Gasteiger partial charge is 0.363 e. The highest BCUT2D eigenvalue weighted by Crippen LogP contribution is 2.12. The number of rotatable bonds is 4. The quantitative estimate of drug-likeness (QED) is 0.894. The van der Waals surface area contributed by atoms with E-state index in [0.717, 1.165) is 11.6 Å². The summed E-state index contributed by atoms with van der Waals surface area (Å²) in [6, 6.07) is 3.49. The molecule has 0 spiro atoms. The minimum absolute atomic E-state index is 0.0538. The fourth-order valence-corrected chi connectivity index (χ4v) is 1.70. The van der Waals surface area contributed by atoms with Gasteiger partial charge in [-0.25, -0.2) is 9.97 Å². The third-order valence-corrected chi connectivity index (χ3v) is 2.74. The van der Waals surface area contributed by atoms with Crippen LogP contribution in [0, 0.1) is 0 Å². The second-order valence-electron chi connectivity index (χ2n) is 4.49. The van der Waals surface area contributed by atoms with Crippen molar-refractivity contribution in [1.82, 2.24) is 19.9 Å². The maximum absolute atomic E-state index is 12.3. The van der Waals surface area contributed by atoms with Crippen LogP contribution in [0.25, 0.3) is 0 Å². The van der Waals surface area contributed by atoms with Crippen molar-refractivity contribution in [2.24, 2.45) is 0 Å². The maximum atomic E-state index is 12.3. The highest BCUT2D eigenvalue weighted by atomic mass is 16.2. The SMILES string of the molecule is CN(Cc1ncc[nH]1)C(=O)c1ccnc(N(C)C)c1. The number of amides is 1. The van der Waals surface area contributed by atoms with Gasteiger partial charge in [0.1, 0.15) is 11.6 Å². The van der Waals surface area contributed by atoms with Gasteiger partial charge in [0.25, 0.3) is 5.91 Å². The van der Waals surface area contributed by atoms with E-state index in [1.54, 1.807) is 42.7 Å². The lowest BCUT2D eigenvalue weighted by molar-refractivity contribution is 0.0782. The van der Waals surface area contributed by atoms with E-state index in [-0.39, 0.29) is 5.91 Å². The Hall–Kier alpha value is -2.37. The van der Waals surface area contributed by atoms with Crippen LogP contribution in [0.15, 0.2) is 30.7 Å². The molecule has 0 aliphatic carbocycles. The first-order chi connectivity index (χ1) is 9.08. The summed E-state index contributed by atoms with van der Waals surface area (Å²) in [5.74, 6) is 1.47. The second-order valence-corrected chi connectivity index (χ2v) is 4.49. The molecule has 100 valence electrons. The van der Waals surface area contributed by atoms with Gasteiger partial charge in [-0.2, -0.15) is 0 Å². The monoisotopic (exact) mass is 259 g/mol. The molecule has 0 atom stereocenters. The number of carbonyl (C=O) groups excluding carboxylic acids is 1. The molecule has 2 aromatic rings. The first-order valence-corrected chi connectivity index (χ1v) is 5.95. The lowest BCUT2D eigenvalue weighted by Crippen LogP contribution is -2.27. The molecule has 0 fully saturated rings. The molecule has 0 bridgehead atoms. The summed E-state index contributed by atoms with van der Waals surface area (Å²) in [5.41, 5.74) is 0.618. The van der Waals surface area contributed by atoms with E-state index in [4.69, 9.17) is 0 Å². The van der Waals surface area contributed by atoms with Crippen molar-refractivity contribution in [2.75, 3.05) is 26.0 Å². The molecule has 0 saturated heterocycles. The van der Waals surface area contributed by atoms with Gasteiger partial charge in [0.05, 0.1) is 6.54 Å². The van der Waals surface area contributed by atoms with Gasteiger partial charge in [-0.05, 0) is 12.1 Å². The molecule has 1 amide bonds. The summed E-state index contributed by atoms with van der Waals surface area (Å²) in [6.07, 6.45) is 5.05. The van der Waals surface area contributed by atoms with Crippen molar-refractivity contribution in [3.63, 3.8) is 0 Å². The fraction of sp³-hybridized carbons (Fsp3) is 0.308. The van der Waals surface area contributed by atoms with Crippen LogP contribution < -0.4 is 4.90 Å². The number of anilines is 1. The first-order valence-electron chi connectivity index (χ1n) is 5.95. The number of pyridine rings is 1. The van der Waals surface area contributed by atoms with Crippen LogP contribution in [0.5, 0.6) is 0 Å². The van der Waals surface area contributed by atoms with Crippen molar-refractivity contribution in [2.45, 2.75) is 6.54 Å². The van der Waals surface area contributed by atoms with Crippen LogP contribution in [0.4, 0.5) is 5.82 Å². The standard InChI is InChI=1S/C13H17N5O/c1-17(2)12-8-10(4-5-16-12)13(19)18(3)9-11-14-6-7-15-11/h4-8H,9H2,1-3H3,(H,14,15). The van der Waals surface area contributed by atoms with Crippen LogP contribution in [-0.4, -0.2) is 46.9 Å². The number of nitrogens with one attached hydrogen (secondary N) is 1. The molecule has 0 radical (unpaired) electrons. The Labute approximate surface area is 112 Å². The van der Waals surface area contributed by atoms with Crippen molar-refractivity contribution < 1.29 is 4.79 Å². The number of hydrogen-bond acceptors (Lipinski definition) is 4. The molecule has 19 heavy (non-hydrogen) atoms. The molecule has 0 aliphatic heterocycles. The number of imidazole rings is 1. The first kappa shape index (κ1) is 13.1. The summed E-state index contributed by atoms with van der Waals surface area (Å²) in [4.78, 5) is 27.0. The van der Waals surface area contributed by atoms with E-state index < -0.39 is 0 Å². The van der Waals surface area contributed by atoms with E-state index in [2.05, 4.69) is 15.0 Å². The normalized spacial score (nSPS) is 10.3. The van der Waals surface area contributed by atoms with E-state index in [1.165, 1.54) is 0 Å². The highest BCUT2D eigenvalue weighted by molar-refractivity contribution is 5.94. The van der Waals surface area contributed by atoms with Crippen LogP contribution in [0.3, 0.4) is 0 Å². The topological polar surface area (TPSA) is 65.1 Å². The Morgan fingerprint density at radius 1 is 1.26 bits per heavy atom. The summed E-state index contributed by atoms with van der Waals surface area (Å²) in [7, 11) is 5.53. The third kappa shape index (κ3) is 3.09. The third-order valence-electron chi connectivity index (χ3n) is 2.74. The summed E-state index contributed by atoms with van der Waals surface area (Å²) in [6.45, 7) is 0.450. The number of H-pyrrole nitrogens is 1. The molecule has 1 N–H and O–H groups in total. The molecule has 0 aliphatic rings. The molecule has 2 aromatic heterocycles. The van der Waals surface area contributed by atoms with Crippen molar-refractivity contribution >= 4 is 11.7 Å². The number of hydrogen-bond donors (Lipinski definition) is 1. The van der Waals surface area contributed by atoms with Crippen molar-refractivity contribution in [3.05, 3.63) is 42.1 Å². The van der Waals surface area contributed by atoms with Crippen molar-refractivity contribution in [1.29, 1.82) is 0 Å². The summed E-state index contributed by atoms with van der Waals surface area (Å²) < 4.78 is 0. The Balaban J connectivity index is 2.12. The van der Waals surface area contributed by atoms with Gasteiger partial charge in [-0.3, -0.25) is 4.79 Å². The molecule has 6 heteroatoms. The average molecular weight is 259 g/mol. The smallest absolute Gasteiger partial charge is 0.254 e. The summed E-state index contributed by atoms with van der Waals surface area (Å²) >= 11 is 0. The molecule has 6 nitrogen and oxygen atoms in total. The van der Waals surface area contributed by atoms with Gasteiger partial charge in [-0.15, -0.1) is 0 Å². The zero-order chi connectivity index (χ0) is 13.8. The number of aromatic amines is 1. The van der Waals surface area contributed by atoms with Gasteiger partial charge < -0.3 is 14.8 Å². The maximum Gasteiger partial charge on any atom is 0.254 e. The van der Waals surface area contributed by atoms with E-state index in [1.807, 2.05) is 19.0 Å². The van der Waals surface area contributed by atoms with Crippen LogP contribution in [-0.2, 0) is 6.54 Å². The number of carbonyl (C=O) groups is 1. The Bertz CT molecular complexity index is 550. The van der Waals surface area contributed by atoms with E-state index in [0.29, 0.717) is 12.1 Å². The Morgan fingerprint density at radius 2 is 2.05 bits per heavy atom. The molecule has 2 heterocycles. The van der Waals surface area contributed by atoms with Gasteiger partial charge >= 0.3 is 0 Å². The van der Waals surface area contributed by atoms with Gasteiger partial charge in [0.2, 0.25) is 0 Å². The predicted molar refractivity (Wildman–Crippen MR) is 72.9 cm³/mol. The predicted octanol–water partition coefficient (Wildman–Crippen LogP) is 1.14. The molecule has 0 unspecified atom stereocenters. The van der Waals surface area contributed by atoms with Crippen LogP contribution in [0.2, 0.25) is 0 Å². The molecular formula is C13H17N5O. The van der Waals surface area contributed by atoms with Gasteiger partial charge in [0.15, 0.2) is 0 Å². The van der Waals surface area contributed by atoms with Crippen LogP contribution >= 0.6 is 0 Å². The van der Waals surface area contributed by atoms with E-state index >= 15 is 0 Å². The Kier molecular flexibility index (Phi) is 3.79. The van der Waals surface area contributed by atoms with Crippen LogP contribution in [0.1, 0.15) is 16.2 Å². The average Bonchev–Trinajstić information content (AvgIpc) is 2.90. The molecular weight excluding hydrogens is 242 g/mol. The molecule has 2 rings (SSSR count). The highest BCUT2D eigenvalue weighted by Gasteiger charge is 2.14. The second kappa shape index (κ2) is 5.51. The fourth-order valence-electron chi connectivity index (χ4n) is 1.70. The van der Waals surface area contributed by atoms with E-state index in [9.17, 15) is 4.79 Å². The molecule has 0 aromatic carbocycles. The van der Waals surface area contributed by atoms with Gasteiger partial charge in [0, 0.05) is 45.3 Å². The minimum atomic E-state index is -0.0538. The molecule has 0 saturated carbocycles.